The number of benzene rings is 2. The lowest BCUT2D eigenvalue weighted by atomic mass is 9.85. The number of hydrogen-bond donors (Lipinski definition) is 0. The van der Waals surface area contributed by atoms with Crippen LogP contribution < -0.4 is 4.90 Å². The van der Waals surface area contributed by atoms with Crippen LogP contribution in [-0.4, -0.2) is 0 Å². The summed E-state index contributed by atoms with van der Waals surface area (Å²) < 4.78 is 0. The summed E-state index contributed by atoms with van der Waals surface area (Å²) in [6.07, 6.45) is 18.5. The van der Waals surface area contributed by atoms with Crippen molar-refractivity contribution < 1.29 is 0 Å². The molecule has 4 rings (SSSR count). The highest BCUT2D eigenvalue weighted by Gasteiger charge is 2.16. The molecule has 1 atom stereocenters. The smallest absolute Gasteiger partial charge is 0.0461 e. The van der Waals surface area contributed by atoms with E-state index in [1.807, 2.05) is 18.2 Å². The first-order valence-electron chi connectivity index (χ1n) is 9.36. The third-order valence-corrected chi connectivity index (χ3v) is 4.92. The lowest BCUT2D eigenvalue weighted by Gasteiger charge is -2.27. The maximum Gasteiger partial charge on any atom is 0.0461 e. The van der Waals surface area contributed by atoms with Crippen molar-refractivity contribution in [2.75, 3.05) is 4.90 Å². The molecule has 0 radical (unpaired) electrons. The maximum atomic E-state index is 4.10. The second-order valence-electron chi connectivity index (χ2n) is 6.71. The van der Waals surface area contributed by atoms with Gasteiger partial charge in [-0.25, -0.2) is 0 Å². The Bertz CT molecular complexity index is 916. The van der Waals surface area contributed by atoms with Crippen LogP contribution in [-0.2, 0) is 0 Å². The zero-order chi connectivity index (χ0) is 18.5. The fraction of sp³-hybridized carbons (Fsp3) is 0.0769. The summed E-state index contributed by atoms with van der Waals surface area (Å²) in [6.45, 7) is 4.10. The van der Waals surface area contributed by atoms with Gasteiger partial charge in [0.05, 0.1) is 0 Å². The summed E-state index contributed by atoms with van der Waals surface area (Å²) >= 11 is 0. The van der Waals surface area contributed by atoms with Crippen molar-refractivity contribution in [3.63, 3.8) is 0 Å². The largest absolute Gasteiger partial charge is 0.311 e. The summed E-state index contributed by atoms with van der Waals surface area (Å²) in [5.74, 6) is 0.513. The van der Waals surface area contributed by atoms with Crippen molar-refractivity contribution in [2.24, 2.45) is 5.92 Å². The van der Waals surface area contributed by atoms with Gasteiger partial charge in [-0.05, 0) is 54.0 Å². The lowest BCUT2D eigenvalue weighted by molar-refractivity contribution is 0.775. The molecule has 2 aliphatic rings. The number of fused-ring (bicyclic) bond motifs is 1. The van der Waals surface area contributed by atoms with Crippen LogP contribution in [0.5, 0.6) is 0 Å². The van der Waals surface area contributed by atoms with E-state index >= 15 is 0 Å². The molecule has 0 aromatic heterocycles. The van der Waals surface area contributed by atoms with Crippen molar-refractivity contribution in [3.8, 4) is 0 Å². The standard InChI is InChI=1S/C26H23N/c1-2-24(20-21-17-18-22-11-9-10-12-23(22)19-21)27(25-13-5-3-6-14-25)26-15-7-4-8-16-26/h2-17,19-20,22H,1,18H2/b24-20+. The molecule has 0 saturated heterocycles. The van der Waals surface area contributed by atoms with Gasteiger partial charge in [-0.15, -0.1) is 0 Å². The van der Waals surface area contributed by atoms with Crippen LogP contribution in [0.15, 0.2) is 133 Å². The van der Waals surface area contributed by atoms with Crippen LogP contribution in [0.4, 0.5) is 11.4 Å². The summed E-state index contributed by atoms with van der Waals surface area (Å²) in [5, 5.41) is 0. The molecule has 0 heterocycles. The average Bonchev–Trinajstić information content (AvgIpc) is 2.74. The molecule has 0 aliphatic heterocycles. The molecule has 1 heteroatoms. The van der Waals surface area contributed by atoms with Gasteiger partial charge in [0.1, 0.15) is 0 Å². The molecule has 27 heavy (non-hydrogen) atoms. The summed E-state index contributed by atoms with van der Waals surface area (Å²) in [6, 6.07) is 20.9. The third-order valence-electron chi connectivity index (χ3n) is 4.92. The number of nitrogens with zero attached hydrogens (tertiary/aromatic N) is 1. The van der Waals surface area contributed by atoms with Gasteiger partial charge in [0, 0.05) is 23.0 Å². The fourth-order valence-electron chi connectivity index (χ4n) is 3.57. The monoisotopic (exact) mass is 349 g/mol. The van der Waals surface area contributed by atoms with E-state index in [0.29, 0.717) is 5.92 Å². The van der Waals surface area contributed by atoms with Crippen molar-refractivity contribution in [1.82, 2.24) is 0 Å². The van der Waals surface area contributed by atoms with Gasteiger partial charge in [-0.1, -0.05) is 79.4 Å². The van der Waals surface area contributed by atoms with Gasteiger partial charge in [0.15, 0.2) is 0 Å². The molecule has 0 N–H and O–H groups in total. The Balaban J connectivity index is 1.74. The normalized spacial score (nSPS) is 18.4. The number of rotatable bonds is 5. The van der Waals surface area contributed by atoms with Crippen molar-refractivity contribution in [1.29, 1.82) is 0 Å². The zero-order valence-electron chi connectivity index (χ0n) is 15.3. The SMILES string of the molecule is C=C/C(=C\C1=CCC2C=CC=CC2=C1)N(c1ccccc1)c1ccccc1. The fourth-order valence-corrected chi connectivity index (χ4v) is 3.57. The highest BCUT2D eigenvalue weighted by atomic mass is 15.1. The second kappa shape index (κ2) is 7.92. The number of hydrogen-bond acceptors (Lipinski definition) is 1. The van der Waals surface area contributed by atoms with E-state index < -0.39 is 0 Å². The maximum absolute atomic E-state index is 4.10. The minimum atomic E-state index is 0.513. The minimum Gasteiger partial charge on any atom is -0.311 e. The van der Waals surface area contributed by atoms with Crippen LogP contribution in [0, 0.1) is 5.92 Å². The Labute approximate surface area is 161 Å². The van der Waals surface area contributed by atoms with E-state index in [0.717, 1.165) is 23.5 Å². The molecule has 0 saturated carbocycles. The number of para-hydroxylation sites is 2. The van der Waals surface area contributed by atoms with Gasteiger partial charge < -0.3 is 4.90 Å². The predicted molar refractivity (Wildman–Crippen MR) is 116 cm³/mol. The Kier molecular flexibility index (Phi) is 5.02. The highest BCUT2D eigenvalue weighted by molar-refractivity contribution is 5.70. The summed E-state index contributed by atoms with van der Waals surface area (Å²) in [5.41, 5.74) is 5.91. The van der Waals surface area contributed by atoms with E-state index in [1.165, 1.54) is 11.1 Å². The topological polar surface area (TPSA) is 3.24 Å². The van der Waals surface area contributed by atoms with E-state index in [9.17, 15) is 0 Å². The molecule has 0 amide bonds. The van der Waals surface area contributed by atoms with E-state index in [-0.39, 0.29) is 0 Å². The quantitative estimate of drug-likeness (QED) is 0.531. The Morgan fingerprint density at radius 1 is 0.926 bits per heavy atom. The van der Waals surface area contributed by atoms with Crippen LogP contribution in [0.2, 0.25) is 0 Å². The Morgan fingerprint density at radius 3 is 2.22 bits per heavy atom. The predicted octanol–water partition coefficient (Wildman–Crippen LogP) is 6.89. The van der Waals surface area contributed by atoms with Crippen LogP contribution in [0.25, 0.3) is 0 Å². The summed E-state index contributed by atoms with van der Waals surface area (Å²) in [4.78, 5) is 2.25. The van der Waals surface area contributed by atoms with E-state index in [4.69, 9.17) is 0 Å². The Hall–Kier alpha value is -3.32. The molecule has 2 aromatic rings. The lowest BCUT2D eigenvalue weighted by Crippen LogP contribution is -2.15. The molecule has 0 spiro atoms. The third kappa shape index (κ3) is 3.78. The van der Waals surface area contributed by atoms with E-state index in [2.05, 4.69) is 103 Å². The first kappa shape index (κ1) is 17.1. The molecule has 2 aromatic carbocycles. The first-order valence-corrected chi connectivity index (χ1v) is 9.36. The van der Waals surface area contributed by atoms with Gasteiger partial charge in [0.2, 0.25) is 0 Å². The zero-order valence-corrected chi connectivity index (χ0v) is 15.3. The number of anilines is 2. The van der Waals surface area contributed by atoms with E-state index in [1.54, 1.807) is 0 Å². The molecule has 1 unspecified atom stereocenters. The van der Waals surface area contributed by atoms with Crippen LogP contribution in [0.1, 0.15) is 6.42 Å². The minimum absolute atomic E-state index is 0.513. The van der Waals surface area contributed by atoms with Crippen molar-refractivity contribution in [2.45, 2.75) is 6.42 Å². The second-order valence-corrected chi connectivity index (χ2v) is 6.71. The molecule has 0 fully saturated rings. The van der Waals surface area contributed by atoms with Crippen molar-refractivity contribution >= 4 is 11.4 Å². The first-order chi connectivity index (χ1) is 13.3. The van der Waals surface area contributed by atoms with Gasteiger partial charge in [-0.3, -0.25) is 0 Å². The molecular formula is C26H23N. The molecular weight excluding hydrogens is 326 g/mol. The van der Waals surface area contributed by atoms with Crippen LogP contribution >= 0.6 is 0 Å². The molecule has 1 nitrogen and oxygen atoms in total. The molecule has 132 valence electrons. The van der Waals surface area contributed by atoms with Gasteiger partial charge in [-0.2, -0.15) is 0 Å². The highest BCUT2D eigenvalue weighted by Crippen LogP contribution is 2.33. The van der Waals surface area contributed by atoms with Gasteiger partial charge >= 0.3 is 0 Å². The summed E-state index contributed by atoms with van der Waals surface area (Å²) in [7, 11) is 0. The number of allylic oxidation sites excluding steroid dienone is 10. The van der Waals surface area contributed by atoms with Gasteiger partial charge in [0.25, 0.3) is 0 Å². The Morgan fingerprint density at radius 2 is 1.59 bits per heavy atom. The van der Waals surface area contributed by atoms with Crippen LogP contribution in [0.3, 0.4) is 0 Å². The molecule has 2 aliphatic carbocycles. The average molecular weight is 349 g/mol. The molecule has 0 bridgehead atoms. The van der Waals surface area contributed by atoms with Crippen molar-refractivity contribution in [3.05, 3.63) is 133 Å².